The monoisotopic (exact) mass is 217 g/mol. The summed E-state index contributed by atoms with van der Waals surface area (Å²) in [7, 11) is 0. The van der Waals surface area contributed by atoms with Gasteiger partial charge in [0.05, 0.1) is 18.5 Å². The van der Waals surface area contributed by atoms with E-state index in [1.165, 1.54) is 0 Å². The summed E-state index contributed by atoms with van der Waals surface area (Å²) in [5.41, 5.74) is 7.02. The van der Waals surface area contributed by atoms with Crippen LogP contribution in [0.2, 0.25) is 0 Å². The van der Waals surface area contributed by atoms with Crippen molar-refractivity contribution in [2.75, 3.05) is 12.3 Å². The summed E-state index contributed by atoms with van der Waals surface area (Å²) in [5.74, 6) is 1.62. The first kappa shape index (κ1) is 9.29. The van der Waals surface area contributed by atoms with Gasteiger partial charge in [-0.15, -0.1) is 10.2 Å². The van der Waals surface area contributed by atoms with Crippen molar-refractivity contribution in [3.63, 3.8) is 0 Å². The van der Waals surface area contributed by atoms with Crippen molar-refractivity contribution in [2.45, 2.75) is 13.2 Å². The van der Waals surface area contributed by atoms with Crippen LogP contribution in [0.25, 0.3) is 11.5 Å². The van der Waals surface area contributed by atoms with Crippen molar-refractivity contribution in [3.8, 4) is 11.5 Å². The lowest BCUT2D eigenvalue weighted by atomic mass is 10.3. The van der Waals surface area contributed by atoms with E-state index in [-0.39, 0.29) is 0 Å². The Kier molecular flexibility index (Phi) is 2.07. The van der Waals surface area contributed by atoms with E-state index >= 15 is 0 Å². The van der Waals surface area contributed by atoms with E-state index in [0.29, 0.717) is 18.9 Å². The van der Waals surface area contributed by atoms with Crippen LogP contribution in [0, 0.1) is 0 Å². The molecular weight excluding hydrogens is 206 g/mol. The number of anilines is 1. The standard InChI is InChI=1S/C10H11N5O/c11-7-1-2-8(12-5-7)10-14-13-9-6-16-4-3-15(9)10/h1-2,5H,3-4,6,11H2. The summed E-state index contributed by atoms with van der Waals surface area (Å²) in [6, 6.07) is 3.66. The third kappa shape index (κ3) is 1.43. The second kappa shape index (κ2) is 3.57. The van der Waals surface area contributed by atoms with Crippen molar-refractivity contribution in [3.05, 3.63) is 24.2 Å². The molecule has 0 unspecified atom stereocenters. The van der Waals surface area contributed by atoms with Gasteiger partial charge < -0.3 is 15.0 Å². The molecule has 0 radical (unpaired) electrons. The van der Waals surface area contributed by atoms with E-state index < -0.39 is 0 Å². The maximum atomic E-state index is 5.59. The molecule has 2 aromatic rings. The smallest absolute Gasteiger partial charge is 0.182 e. The van der Waals surface area contributed by atoms with Crippen LogP contribution >= 0.6 is 0 Å². The van der Waals surface area contributed by atoms with E-state index in [9.17, 15) is 0 Å². The Bertz CT molecular complexity index is 504. The zero-order valence-corrected chi connectivity index (χ0v) is 8.63. The Morgan fingerprint density at radius 3 is 3.06 bits per heavy atom. The van der Waals surface area contributed by atoms with Crippen molar-refractivity contribution in [1.82, 2.24) is 19.7 Å². The van der Waals surface area contributed by atoms with Crippen LogP contribution < -0.4 is 5.73 Å². The molecule has 82 valence electrons. The molecule has 0 bridgehead atoms. The molecule has 0 spiro atoms. The molecule has 0 aliphatic carbocycles. The van der Waals surface area contributed by atoms with Crippen LogP contribution in [0.15, 0.2) is 18.3 Å². The predicted octanol–water partition coefficient (Wildman–Crippen LogP) is 0.452. The summed E-state index contributed by atoms with van der Waals surface area (Å²) in [6.45, 7) is 1.97. The number of nitrogen functional groups attached to an aromatic ring is 1. The first-order chi connectivity index (χ1) is 7.84. The van der Waals surface area contributed by atoms with Gasteiger partial charge in [-0.05, 0) is 12.1 Å². The number of hydrogen-bond acceptors (Lipinski definition) is 5. The quantitative estimate of drug-likeness (QED) is 0.750. The minimum atomic E-state index is 0.516. The third-order valence-electron chi connectivity index (χ3n) is 2.53. The van der Waals surface area contributed by atoms with Crippen LogP contribution in [0.4, 0.5) is 5.69 Å². The van der Waals surface area contributed by atoms with E-state index in [1.807, 2.05) is 16.7 Å². The highest BCUT2D eigenvalue weighted by Crippen LogP contribution is 2.19. The highest BCUT2D eigenvalue weighted by Gasteiger charge is 2.17. The number of nitrogens with two attached hydrogens (primary N) is 1. The zero-order chi connectivity index (χ0) is 11.0. The number of pyridine rings is 1. The number of aromatic nitrogens is 4. The lowest BCUT2D eigenvalue weighted by molar-refractivity contribution is 0.0820. The third-order valence-corrected chi connectivity index (χ3v) is 2.53. The predicted molar refractivity (Wildman–Crippen MR) is 57.3 cm³/mol. The molecule has 2 aromatic heterocycles. The molecule has 16 heavy (non-hydrogen) atoms. The molecule has 0 fully saturated rings. The van der Waals surface area contributed by atoms with Crippen LogP contribution in [0.3, 0.4) is 0 Å². The zero-order valence-electron chi connectivity index (χ0n) is 8.63. The lowest BCUT2D eigenvalue weighted by Crippen LogP contribution is -2.17. The number of nitrogens with zero attached hydrogens (tertiary/aromatic N) is 4. The highest BCUT2D eigenvalue weighted by molar-refractivity contribution is 5.52. The molecule has 1 aliphatic heterocycles. The number of fused-ring (bicyclic) bond motifs is 1. The summed E-state index contributed by atoms with van der Waals surface area (Å²) < 4.78 is 7.33. The maximum absolute atomic E-state index is 5.59. The molecule has 0 saturated carbocycles. The number of hydrogen-bond donors (Lipinski definition) is 1. The van der Waals surface area contributed by atoms with Crippen molar-refractivity contribution in [1.29, 1.82) is 0 Å². The van der Waals surface area contributed by atoms with Gasteiger partial charge in [-0.2, -0.15) is 0 Å². The van der Waals surface area contributed by atoms with Crippen LogP contribution in [0.1, 0.15) is 5.82 Å². The number of rotatable bonds is 1. The van der Waals surface area contributed by atoms with E-state index in [0.717, 1.165) is 23.9 Å². The summed E-state index contributed by atoms with van der Waals surface area (Å²) in [6.07, 6.45) is 1.62. The minimum Gasteiger partial charge on any atom is -0.397 e. The molecule has 3 heterocycles. The second-order valence-corrected chi connectivity index (χ2v) is 3.62. The molecule has 0 saturated heterocycles. The van der Waals surface area contributed by atoms with Crippen molar-refractivity contribution in [2.24, 2.45) is 0 Å². The highest BCUT2D eigenvalue weighted by atomic mass is 16.5. The van der Waals surface area contributed by atoms with Gasteiger partial charge in [-0.1, -0.05) is 0 Å². The molecule has 0 amide bonds. The van der Waals surface area contributed by atoms with Gasteiger partial charge in [0.2, 0.25) is 0 Å². The molecule has 6 heteroatoms. The van der Waals surface area contributed by atoms with E-state index in [2.05, 4.69) is 15.2 Å². The topological polar surface area (TPSA) is 78.8 Å². The fourth-order valence-electron chi connectivity index (χ4n) is 1.72. The van der Waals surface area contributed by atoms with E-state index in [1.54, 1.807) is 6.20 Å². The normalized spacial score (nSPS) is 14.8. The Morgan fingerprint density at radius 1 is 1.31 bits per heavy atom. The van der Waals surface area contributed by atoms with Crippen molar-refractivity contribution >= 4 is 5.69 Å². The largest absolute Gasteiger partial charge is 0.397 e. The van der Waals surface area contributed by atoms with Gasteiger partial charge in [0, 0.05) is 6.54 Å². The summed E-state index contributed by atoms with van der Waals surface area (Å²) in [5, 5.41) is 8.20. The Balaban J connectivity index is 2.06. The van der Waals surface area contributed by atoms with Gasteiger partial charge in [0.25, 0.3) is 0 Å². The van der Waals surface area contributed by atoms with Crippen molar-refractivity contribution < 1.29 is 4.74 Å². The summed E-state index contributed by atoms with van der Waals surface area (Å²) >= 11 is 0. The minimum absolute atomic E-state index is 0.516. The molecule has 6 nitrogen and oxygen atoms in total. The fourth-order valence-corrected chi connectivity index (χ4v) is 1.72. The fraction of sp³-hybridized carbons (Fsp3) is 0.300. The Hall–Kier alpha value is -1.95. The Labute approximate surface area is 92.1 Å². The average molecular weight is 217 g/mol. The lowest BCUT2D eigenvalue weighted by Gasteiger charge is -2.14. The summed E-state index contributed by atoms with van der Waals surface area (Å²) in [4.78, 5) is 4.24. The first-order valence-corrected chi connectivity index (χ1v) is 5.06. The maximum Gasteiger partial charge on any atom is 0.182 e. The average Bonchev–Trinajstić information content (AvgIpc) is 2.74. The molecule has 1 aliphatic rings. The van der Waals surface area contributed by atoms with Gasteiger partial charge in [-0.25, -0.2) is 0 Å². The molecule has 3 rings (SSSR count). The first-order valence-electron chi connectivity index (χ1n) is 5.06. The molecular formula is C10H11N5O. The van der Waals surface area contributed by atoms with Gasteiger partial charge in [0.1, 0.15) is 12.3 Å². The molecule has 0 aromatic carbocycles. The molecule has 0 atom stereocenters. The molecule has 2 N–H and O–H groups in total. The van der Waals surface area contributed by atoms with Gasteiger partial charge in [0.15, 0.2) is 11.6 Å². The van der Waals surface area contributed by atoms with Crippen LogP contribution in [-0.2, 0) is 17.9 Å². The van der Waals surface area contributed by atoms with E-state index in [4.69, 9.17) is 10.5 Å². The van der Waals surface area contributed by atoms with Gasteiger partial charge >= 0.3 is 0 Å². The van der Waals surface area contributed by atoms with Crippen LogP contribution in [0.5, 0.6) is 0 Å². The SMILES string of the molecule is Nc1ccc(-c2nnc3n2CCOC3)nc1. The Morgan fingerprint density at radius 2 is 2.25 bits per heavy atom. The van der Waals surface area contributed by atoms with Crippen LogP contribution in [-0.4, -0.2) is 26.4 Å². The van der Waals surface area contributed by atoms with Gasteiger partial charge in [-0.3, -0.25) is 4.98 Å². The number of ether oxygens (including phenoxy) is 1. The second-order valence-electron chi connectivity index (χ2n) is 3.62.